The van der Waals surface area contributed by atoms with Gasteiger partial charge < -0.3 is 10.4 Å². The summed E-state index contributed by atoms with van der Waals surface area (Å²) in [6, 6.07) is 4.34. The number of anilines is 1. The topological polar surface area (TPSA) is 50.1 Å². The summed E-state index contributed by atoms with van der Waals surface area (Å²) in [5, 5.41) is 16.4. The fraction of sp³-hybridized carbons (Fsp3) is 0.250. The van der Waals surface area contributed by atoms with Crippen molar-refractivity contribution in [2.75, 3.05) is 5.32 Å². The summed E-state index contributed by atoms with van der Waals surface area (Å²) in [6.07, 6.45) is 1.87. The molecule has 0 saturated heterocycles. The van der Waals surface area contributed by atoms with E-state index in [4.69, 9.17) is 5.11 Å². The molecular formula is C12H14FN3O. The molecule has 2 aromatic rings. The van der Waals surface area contributed by atoms with Crippen molar-refractivity contribution < 1.29 is 9.50 Å². The molecule has 0 fully saturated rings. The third-order valence-electron chi connectivity index (χ3n) is 2.51. The van der Waals surface area contributed by atoms with Gasteiger partial charge in [0.15, 0.2) is 11.6 Å². The Morgan fingerprint density at radius 3 is 2.82 bits per heavy atom. The number of aromatic nitrogens is 2. The molecule has 0 unspecified atom stereocenters. The number of hydrogen-bond acceptors (Lipinski definition) is 3. The minimum Gasteiger partial charge on any atom is -0.505 e. The molecule has 0 bridgehead atoms. The predicted molar refractivity (Wildman–Crippen MR) is 63.3 cm³/mol. The number of aryl methyl sites for hydroxylation is 2. The average Bonchev–Trinajstić information content (AvgIpc) is 2.59. The minimum atomic E-state index is -0.604. The highest BCUT2D eigenvalue weighted by molar-refractivity contribution is 5.46. The number of nitrogens with one attached hydrogen (secondary N) is 1. The molecule has 2 N–H and O–H groups in total. The van der Waals surface area contributed by atoms with Gasteiger partial charge in [-0.05, 0) is 24.6 Å². The van der Waals surface area contributed by atoms with E-state index >= 15 is 0 Å². The maximum atomic E-state index is 13.1. The Kier molecular flexibility index (Phi) is 2.99. The zero-order chi connectivity index (χ0) is 12.4. The molecule has 0 aliphatic heterocycles. The molecular weight excluding hydrogens is 221 g/mol. The summed E-state index contributed by atoms with van der Waals surface area (Å²) in [7, 11) is 1.85. The zero-order valence-electron chi connectivity index (χ0n) is 9.74. The lowest BCUT2D eigenvalue weighted by molar-refractivity contribution is 0.432. The van der Waals surface area contributed by atoms with Crippen LogP contribution in [0.5, 0.6) is 5.75 Å². The van der Waals surface area contributed by atoms with Crippen molar-refractivity contribution >= 4 is 5.69 Å². The first-order valence-corrected chi connectivity index (χ1v) is 5.28. The molecule has 1 aromatic heterocycles. The lowest BCUT2D eigenvalue weighted by Crippen LogP contribution is -2.00. The third kappa shape index (κ3) is 2.55. The summed E-state index contributed by atoms with van der Waals surface area (Å²) in [5.41, 5.74) is 2.58. The van der Waals surface area contributed by atoms with Gasteiger partial charge in [-0.15, -0.1) is 0 Å². The van der Waals surface area contributed by atoms with Gasteiger partial charge in [0, 0.05) is 19.8 Å². The summed E-state index contributed by atoms with van der Waals surface area (Å²) < 4.78 is 14.8. The van der Waals surface area contributed by atoms with E-state index in [1.54, 1.807) is 10.7 Å². The molecule has 1 heterocycles. The first-order valence-electron chi connectivity index (χ1n) is 5.28. The molecule has 0 saturated carbocycles. The molecule has 5 heteroatoms. The smallest absolute Gasteiger partial charge is 0.165 e. The molecule has 4 nitrogen and oxygen atoms in total. The van der Waals surface area contributed by atoms with E-state index in [-0.39, 0.29) is 5.75 Å². The van der Waals surface area contributed by atoms with E-state index in [1.807, 2.05) is 20.2 Å². The SMILES string of the molecule is Cc1nn(C)cc1NCc1ccc(O)c(F)c1. The van der Waals surface area contributed by atoms with Crippen molar-refractivity contribution in [1.29, 1.82) is 0 Å². The van der Waals surface area contributed by atoms with Crippen molar-refractivity contribution in [2.24, 2.45) is 7.05 Å². The van der Waals surface area contributed by atoms with E-state index in [0.29, 0.717) is 6.54 Å². The number of nitrogens with zero attached hydrogens (tertiary/aromatic N) is 2. The van der Waals surface area contributed by atoms with Crippen molar-refractivity contribution in [3.63, 3.8) is 0 Å². The molecule has 0 amide bonds. The van der Waals surface area contributed by atoms with Crippen LogP contribution in [0.1, 0.15) is 11.3 Å². The number of rotatable bonds is 3. The standard InChI is InChI=1S/C12H14FN3O/c1-8-11(7-16(2)15-8)14-6-9-3-4-12(17)10(13)5-9/h3-5,7,14,17H,6H2,1-2H3. The van der Waals surface area contributed by atoms with Gasteiger partial charge >= 0.3 is 0 Å². The maximum Gasteiger partial charge on any atom is 0.165 e. The van der Waals surface area contributed by atoms with Crippen LogP contribution in [-0.2, 0) is 13.6 Å². The van der Waals surface area contributed by atoms with Crippen LogP contribution in [0, 0.1) is 12.7 Å². The Labute approximate surface area is 98.7 Å². The molecule has 0 aliphatic carbocycles. The van der Waals surface area contributed by atoms with Crippen molar-refractivity contribution in [3.05, 3.63) is 41.5 Å². The van der Waals surface area contributed by atoms with Crippen LogP contribution in [0.25, 0.3) is 0 Å². The Balaban J connectivity index is 2.07. The van der Waals surface area contributed by atoms with Crippen molar-refractivity contribution in [1.82, 2.24) is 9.78 Å². The maximum absolute atomic E-state index is 13.1. The second kappa shape index (κ2) is 4.45. The van der Waals surface area contributed by atoms with Crippen molar-refractivity contribution in [3.8, 4) is 5.75 Å². The monoisotopic (exact) mass is 235 g/mol. The molecule has 1 aromatic carbocycles. The van der Waals surface area contributed by atoms with Gasteiger partial charge in [0.2, 0.25) is 0 Å². The van der Waals surface area contributed by atoms with Crippen molar-refractivity contribution in [2.45, 2.75) is 13.5 Å². The number of phenolic OH excluding ortho intramolecular Hbond substituents is 1. The van der Waals surface area contributed by atoms with Crippen LogP contribution in [0.2, 0.25) is 0 Å². The van der Waals surface area contributed by atoms with E-state index in [2.05, 4.69) is 10.4 Å². The molecule has 2 rings (SSSR count). The van der Waals surface area contributed by atoms with Gasteiger partial charge in [0.05, 0.1) is 11.4 Å². The number of benzene rings is 1. The molecule has 90 valence electrons. The van der Waals surface area contributed by atoms with Gasteiger partial charge in [0.1, 0.15) is 0 Å². The van der Waals surface area contributed by atoms with Gasteiger partial charge in [-0.25, -0.2) is 4.39 Å². The van der Waals surface area contributed by atoms with E-state index in [9.17, 15) is 4.39 Å². The lowest BCUT2D eigenvalue weighted by atomic mass is 10.2. The van der Waals surface area contributed by atoms with Crippen LogP contribution < -0.4 is 5.32 Å². The quantitative estimate of drug-likeness (QED) is 0.857. The average molecular weight is 235 g/mol. The number of phenols is 1. The molecule has 0 spiro atoms. The summed E-state index contributed by atoms with van der Waals surface area (Å²) in [5.74, 6) is -0.932. The highest BCUT2D eigenvalue weighted by Crippen LogP contribution is 2.18. The van der Waals surface area contributed by atoms with Crippen LogP contribution >= 0.6 is 0 Å². The Morgan fingerprint density at radius 1 is 1.47 bits per heavy atom. The van der Waals surface area contributed by atoms with Crippen LogP contribution in [0.15, 0.2) is 24.4 Å². The first-order chi connectivity index (χ1) is 8.06. The zero-order valence-corrected chi connectivity index (χ0v) is 9.74. The molecule has 0 aliphatic rings. The highest BCUT2D eigenvalue weighted by atomic mass is 19.1. The highest BCUT2D eigenvalue weighted by Gasteiger charge is 2.04. The Hall–Kier alpha value is -2.04. The van der Waals surface area contributed by atoms with Gasteiger partial charge in [-0.3, -0.25) is 4.68 Å². The Morgan fingerprint density at radius 2 is 2.24 bits per heavy atom. The third-order valence-corrected chi connectivity index (χ3v) is 2.51. The van der Waals surface area contributed by atoms with E-state index < -0.39 is 5.82 Å². The van der Waals surface area contributed by atoms with Gasteiger partial charge in [-0.2, -0.15) is 5.10 Å². The fourth-order valence-electron chi connectivity index (χ4n) is 1.63. The lowest BCUT2D eigenvalue weighted by Gasteiger charge is -2.05. The van der Waals surface area contributed by atoms with E-state index in [1.165, 1.54) is 12.1 Å². The normalized spacial score (nSPS) is 10.5. The predicted octanol–water partition coefficient (Wildman–Crippen LogP) is 2.19. The fourth-order valence-corrected chi connectivity index (χ4v) is 1.63. The van der Waals surface area contributed by atoms with Crippen LogP contribution in [0.4, 0.5) is 10.1 Å². The van der Waals surface area contributed by atoms with E-state index in [0.717, 1.165) is 16.9 Å². The molecule has 0 radical (unpaired) electrons. The number of halogens is 1. The summed E-state index contributed by atoms with van der Waals surface area (Å²) in [6.45, 7) is 2.39. The Bertz CT molecular complexity index is 537. The van der Waals surface area contributed by atoms with Crippen LogP contribution in [-0.4, -0.2) is 14.9 Å². The van der Waals surface area contributed by atoms with Gasteiger partial charge in [0.25, 0.3) is 0 Å². The molecule has 0 atom stereocenters. The summed E-state index contributed by atoms with van der Waals surface area (Å²) >= 11 is 0. The summed E-state index contributed by atoms with van der Waals surface area (Å²) in [4.78, 5) is 0. The second-order valence-electron chi connectivity index (χ2n) is 3.94. The largest absolute Gasteiger partial charge is 0.505 e. The van der Waals surface area contributed by atoms with Crippen LogP contribution in [0.3, 0.4) is 0 Å². The molecule has 17 heavy (non-hydrogen) atoms. The first kappa shape index (κ1) is 11.4. The minimum absolute atomic E-state index is 0.327. The number of hydrogen-bond donors (Lipinski definition) is 2. The second-order valence-corrected chi connectivity index (χ2v) is 3.94. The number of aromatic hydroxyl groups is 1. The van der Waals surface area contributed by atoms with Gasteiger partial charge in [-0.1, -0.05) is 6.07 Å².